The Hall–Kier alpha value is -2.01. The first-order valence-corrected chi connectivity index (χ1v) is 8.36. The quantitative estimate of drug-likeness (QED) is 0.341. The van der Waals surface area contributed by atoms with Crippen molar-refractivity contribution in [1.29, 1.82) is 0 Å². The van der Waals surface area contributed by atoms with Gasteiger partial charge in [0.25, 0.3) is 0 Å². The number of aromatic nitrogens is 4. The van der Waals surface area contributed by atoms with E-state index in [1.54, 1.807) is 29.4 Å². The first kappa shape index (κ1) is 19.3. The van der Waals surface area contributed by atoms with Crippen molar-refractivity contribution in [3.05, 3.63) is 58.6 Å². The molecule has 0 radical (unpaired) electrons. The van der Waals surface area contributed by atoms with Crippen molar-refractivity contribution < 1.29 is 0 Å². The van der Waals surface area contributed by atoms with Crippen molar-refractivity contribution >= 4 is 41.3 Å². The minimum atomic E-state index is 0. The van der Waals surface area contributed by atoms with Crippen molar-refractivity contribution in [2.24, 2.45) is 4.99 Å². The Morgan fingerprint density at radius 1 is 1.20 bits per heavy atom. The minimum Gasteiger partial charge on any atom is -0.352 e. The van der Waals surface area contributed by atoms with Crippen molar-refractivity contribution in [3.8, 4) is 5.69 Å². The summed E-state index contributed by atoms with van der Waals surface area (Å²) in [4.78, 5) is 13.7. The summed E-state index contributed by atoms with van der Waals surface area (Å²) in [6.07, 6.45) is 5.09. The predicted octanol–water partition coefficient (Wildman–Crippen LogP) is 2.52. The van der Waals surface area contributed by atoms with Crippen LogP contribution in [0.5, 0.6) is 0 Å². The molecule has 2 heterocycles. The summed E-state index contributed by atoms with van der Waals surface area (Å²) in [5.41, 5.74) is 2.14. The van der Waals surface area contributed by atoms with E-state index < -0.39 is 0 Å². The third-order valence-corrected chi connectivity index (χ3v) is 4.29. The van der Waals surface area contributed by atoms with E-state index in [1.165, 1.54) is 11.2 Å². The van der Waals surface area contributed by atoms with Gasteiger partial charge in [0.1, 0.15) is 17.7 Å². The second-order valence-corrected chi connectivity index (χ2v) is 6.47. The van der Waals surface area contributed by atoms with Crippen LogP contribution in [0.15, 0.2) is 48.1 Å². The number of hydrogen-bond donors (Lipinski definition) is 2. The molecule has 0 aliphatic rings. The van der Waals surface area contributed by atoms with Crippen LogP contribution >= 0.6 is 35.3 Å². The maximum absolute atomic E-state index is 4.33. The van der Waals surface area contributed by atoms with Gasteiger partial charge in [-0.25, -0.2) is 14.6 Å². The molecular formula is C16H20IN7S. The molecule has 0 bridgehead atoms. The smallest absolute Gasteiger partial charge is 0.191 e. The number of aryl methyl sites for hydroxylation is 1. The van der Waals surface area contributed by atoms with Crippen molar-refractivity contribution in [3.63, 3.8) is 0 Å². The SMILES string of the molecule is CN=C(NCc1ccc(-n2cncn2)cc1)NCc1ncc(C)s1.I. The monoisotopic (exact) mass is 469 g/mol. The number of hydrogen-bond acceptors (Lipinski definition) is 5. The molecule has 0 saturated carbocycles. The van der Waals surface area contributed by atoms with E-state index in [9.17, 15) is 0 Å². The summed E-state index contributed by atoms with van der Waals surface area (Å²) in [5, 5.41) is 11.7. The first-order valence-electron chi connectivity index (χ1n) is 7.54. The Balaban J connectivity index is 0.00000225. The average molecular weight is 469 g/mol. The lowest BCUT2D eigenvalue weighted by Gasteiger charge is -2.11. The lowest BCUT2D eigenvalue weighted by Crippen LogP contribution is -2.36. The van der Waals surface area contributed by atoms with Crippen LogP contribution in [0.2, 0.25) is 0 Å². The fourth-order valence-electron chi connectivity index (χ4n) is 2.16. The van der Waals surface area contributed by atoms with Gasteiger partial charge in [-0.3, -0.25) is 4.99 Å². The van der Waals surface area contributed by atoms with Gasteiger partial charge >= 0.3 is 0 Å². The molecular weight excluding hydrogens is 449 g/mol. The third kappa shape index (κ3) is 5.49. The molecule has 2 N–H and O–H groups in total. The Bertz CT molecular complexity index is 796. The number of thiazole rings is 1. The number of halogens is 1. The standard InChI is InChI=1S/C16H19N7S.HI/c1-12-7-19-15(24-12)9-21-16(17-2)20-8-13-3-5-14(6-4-13)23-11-18-10-22-23;/h3-7,10-11H,8-9H2,1-2H3,(H2,17,20,21);1H. The lowest BCUT2D eigenvalue weighted by molar-refractivity contribution is 0.804. The van der Waals surface area contributed by atoms with Crippen LogP contribution in [0, 0.1) is 6.92 Å². The summed E-state index contributed by atoms with van der Waals surface area (Å²) in [7, 11) is 1.76. The highest BCUT2D eigenvalue weighted by molar-refractivity contribution is 14.0. The number of benzene rings is 1. The van der Waals surface area contributed by atoms with Crippen LogP contribution in [0.25, 0.3) is 5.69 Å². The van der Waals surface area contributed by atoms with E-state index in [4.69, 9.17) is 0 Å². The fraction of sp³-hybridized carbons (Fsp3) is 0.250. The Labute approximate surface area is 167 Å². The molecule has 25 heavy (non-hydrogen) atoms. The highest BCUT2D eigenvalue weighted by atomic mass is 127. The molecule has 0 saturated heterocycles. The highest BCUT2D eigenvalue weighted by Crippen LogP contribution is 2.10. The predicted molar refractivity (Wildman–Crippen MR) is 111 cm³/mol. The van der Waals surface area contributed by atoms with Crippen molar-refractivity contribution in [2.45, 2.75) is 20.0 Å². The van der Waals surface area contributed by atoms with Crippen LogP contribution in [-0.2, 0) is 13.1 Å². The zero-order valence-electron chi connectivity index (χ0n) is 14.0. The number of nitrogens with zero attached hydrogens (tertiary/aromatic N) is 5. The number of rotatable bonds is 5. The van der Waals surface area contributed by atoms with Crippen molar-refractivity contribution in [1.82, 2.24) is 30.4 Å². The van der Waals surface area contributed by atoms with Gasteiger partial charge in [0.2, 0.25) is 0 Å². The topological polar surface area (TPSA) is 80.0 Å². The lowest BCUT2D eigenvalue weighted by atomic mass is 10.2. The maximum Gasteiger partial charge on any atom is 0.191 e. The number of nitrogens with one attached hydrogen (secondary N) is 2. The van der Waals surface area contributed by atoms with E-state index in [1.807, 2.05) is 18.3 Å². The normalized spacial score (nSPS) is 11.0. The van der Waals surface area contributed by atoms with Gasteiger partial charge in [-0.2, -0.15) is 5.10 Å². The fourth-order valence-corrected chi connectivity index (χ4v) is 2.88. The number of aliphatic imine (C=N–C) groups is 1. The molecule has 1 aromatic carbocycles. The van der Waals surface area contributed by atoms with Gasteiger partial charge in [-0.1, -0.05) is 12.1 Å². The maximum atomic E-state index is 4.33. The van der Waals surface area contributed by atoms with Crippen LogP contribution in [0.3, 0.4) is 0 Å². The van der Waals surface area contributed by atoms with E-state index >= 15 is 0 Å². The Morgan fingerprint density at radius 3 is 2.56 bits per heavy atom. The van der Waals surface area contributed by atoms with Crippen LogP contribution < -0.4 is 10.6 Å². The zero-order valence-corrected chi connectivity index (χ0v) is 17.2. The summed E-state index contributed by atoms with van der Waals surface area (Å²) >= 11 is 1.69. The van der Waals surface area contributed by atoms with Crippen molar-refractivity contribution in [2.75, 3.05) is 7.05 Å². The van der Waals surface area contributed by atoms with Gasteiger partial charge in [-0.15, -0.1) is 35.3 Å². The molecule has 0 atom stereocenters. The largest absolute Gasteiger partial charge is 0.352 e. The Kier molecular flexibility index (Phi) is 7.31. The molecule has 7 nitrogen and oxygen atoms in total. The van der Waals surface area contributed by atoms with Crippen LogP contribution in [-0.4, -0.2) is 32.8 Å². The first-order chi connectivity index (χ1) is 11.7. The molecule has 2 aromatic heterocycles. The van der Waals surface area contributed by atoms with E-state index in [-0.39, 0.29) is 24.0 Å². The molecule has 9 heteroatoms. The third-order valence-electron chi connectivity index (χ3n) is 3.38. The molecule has 3 aromatic rings. The molecule has 0 amide bonds. The summed E-state index contributed by atoms with van der Waals surface area (Å²) in [6.45, 7) is 3.41. The Morgan fingerprint density at radius 2 is 1.96 bits per heavy atom. The molecule has 132 valence electrons. The van der Waals surface area contributed by atoms with E-state index in [0.717, 1.165) is 22.2 Å². The van der Waals surface area contributed by atoms with E-state index in [2.05, 4.69) is 49.7 Å². The molecule has 3 rings (SSSR count). The van der Waals surface area contributed by atoms with E-state index in [0.29, 0.717) is 13.1 Å². The molecule has 0 aliphatic carbocycles. The number of guanidine groups is 1. The summed E-state index contributed by atoms with van der Waals surface area (Å²) in [5.74, 6) is 0.753. The average Bonchev–Trinajstić information content (AvgIpc) is 3.27. The van der Waals surface area contributed by atoms with Crippen LogP contribution in [0.1, 0.15) is 15.4 Å². The molecule has 0 fully saturated rings. The van der Waals surface area contributed by atoms with Gasteiger partial charge in [0, 0.05) is 24.7 Å². The minimum absolute atomic E-state index is 0. The van der Waals surface area contributed by atoms with Crippen LogP contribution in [0.4, 0.5) is 0 Å². The summed E-state index contributed by atoms with van der Waals surface area (Å²) < 4.78 is 1.73. The molecule has 0 unspecified atom stereocenters. The second kappa shape index (κ2) is 9.47. The highest BCUT2D eigenvalue weighted by Gasteiger charge is 2.02. The zero-order chi connectivity index (χ0) is 16.8. The van der Waals surface area contributed by atoms with Gasteiger partial charge in [0.05, 0.1) is 12.2 Å². The molecule has 0 aliphatic heterocycles. The van der Waals surface area contributed by atoms with Gasteiger partial charge in [-0.05, 0) is 24.6 Å². The van der Waals surface area contributed by atoms with Gasteiger partial charge in [0.15, 0.2) is 5.96 Å². The molecule has 0 spiro atoms. The second-order valence-electron chi connectivity index (χ2n) is 5.15. The van der Waals surface area contributed by atoms with Gasteiger partial charge < -0.3 is 10.6 Å². The summed E-state index contributed by atoms with van der Waals surface area (Å²) in [6, 6.07) is 8.14.